The molecular formula is C15H34N4. The lowest BCUT2D eigenvalue weighted by molar-refractivity contribution is 0.227. The molecule has 0 aliphatic carbocycles. The van der Waals surface area contributed by atoms with E-state index in [0.717, 1.165) is 39.1 Å². The summed E-state index contributed by atoms with van der Waals surface area (Å²) in [5, 5.41) is 7.60. The molecule has 0 bridgehead atoms. The molecule has 0 fully saturated rings. The largest absolute Gasteiger partial charge is 0.387 e. The SMILES string of the molecule is CCN(CC)CCCN(CC)CCC(C)(C)C(=N)N. The zero-order chi connectivity index (χ0) is 14.9. The molecule has 0 saturated carbocycles. The van der Waals surface area contributed by atoms with Crippen molar-refractivity contribution in [1.29, 1.82) is 5.41 Å². The first-order valence-corrected chi connectivity index (χ1v) is 7.66. The Kier molecular flexibility index (Phi) is 9.02. The summed E-state index contributed by atoms with van der Waals surface area (Å²) in [4.78, 5) is 4.93. The normalized spacial score (nSPS) is 12.4. The Labute approximate surface area is 119 Å². The second-order valence-corrected chi connectivity index (χ2v) is 5.86. The molecule has 0 heterocycles. The van der Waals surface area contributed by atoms with Crippen molar-refractivity contribution in [3.8, 4) is 0 Å². The van der Waals surface area contributed by atoms with E-state index in [9.17, 15) is 0 Å². The van der Waals surface area contributed by atoms with Gasteiger partial charge in [0.1, 0.15) is 0 Å². The fraction of sp³-hybridized carbons (Fsp3) is 0.933. The fourth-order valence-electron chi connectivity index (χ4n) is 2.06. The van der Waals surface area contributed by atoms with E-state index in [4.69, 9.17) is 11.1 Å². The van der Waals surface area contributed by atoms with E-state index in [1.807, 2.05) is 0 Å². The molecule has 0 aromatic rings. The van der Waals surface area contributed by atoms with Crippen molar-refractivity contribution in [2.45, 2.75) is 47.5 Å². The first-order valence-electron chi connectivity index (χ1n) is 7.66. The minimum Gasteiger partial charge on any atom is -0.387 e. The van der Waals surface area contributed by atoms with Crippen LogP contribution in [0.3, 0.4) is 0 Å². The number of amidine groups is 1. The highest BCUT2D eigenvalue weighted by Gasteiger charge is 2.22. The predicted octanol–water partition coefficient (Wildman–Crippen LogP) is 2.39. The second kappa shape index (κ2) is 9.32. The van der Waals surface area contributed by atoms with Crippen molar-refractivity contribution in [2.75, 3.05) is 39.3 Å². The lowest BCUT2D eigenvalue weighted by Gasteiger charge is -2.28. The summed E-state index contributed by atoms with van der Waals surface area (Å²) < 4.78 is 0. The molecule has 19 heavy (non-hydrogen) atoms. The van der Waals surface area contributed by atoms with Gasteiger partial charge in [0.2, 0.25) is 0 Å². The van der Waals surface area contributed by atoms with Crippen LogP contribution in [-0.4, -0.2) is 54.9 Å². The van der Waals surface area contributed by atoms with Gasteiger partial charge in [-0.1, -0.05) is 34.6 Å². The molecule has 0 spiro atoms. The van der Waals surface area contributed by atoms with Gasteiger partial charge in [0.05, 0.1) is 5.84 Å². The predicted molar refractivity (Wildman–Crippen MR) is 84.8 cm³/mol. The molecule has 0 unspecified atom stereocenters. The molecule has 0 atom stereocenters. The maximum Gasteiger partial charge on any atom is 0.0963 e. The Morgan fingerprint density at radius 2 is 1.42 bits per heavy atom. The summed E-state index contributed by atoms with van der Waals surface area (Å²) in [5.41, 5.74) is 5.46. The van der Waals surface area contributed by atoms with Gasteiger partial charge in [-0.05, 0) is 52.1 Å². The molecule has 3 N–H and O–H groups in total. The standard InChI is InChI=1S/C15H34N4/c1-6-18(7-2)11-9-12-19(8-3)13-10-15(4,5)14(16)17/h6-13H2,1-5H3,(H3,16,17). The smallest absolute Gasteiger partial charge is 0.0963 e. The molecule has 0 aromatic heterocycles. The van der Waals surface area contributed by atoms with E-state index in [1.165, 1.54) is 13.0 Å². The van der Waals surface area contributed by atoms with Crippen LogP contribution in [0.1, 0.15) is 47.5 Å². The Hall–Kier alpha value is -0.610. The molecule has 0 aliphatic rings. The van der Waals surface area contributed by atoms with Gasteiger partial charge in [-0.15, -0.1) is 0 Å². The second-order valence-electron chi connectivity index (χ2n) is 5.86. The van der Waals surface area contributed by atoms with Gasteiger partial charge in [0, 0.05) is 5.41 Å². The zero-order valence-electron chi connectivity index (χ0n) is 13.6. The number of hydrogen-bond donors (Lipinski definition) is 2. The van der Waals surface area contributed by atoms with Crippen LogP contribution in [0.5, 0.6) is 0 Å². The van der Waals surface area contributed by atoms with Crippen LogP contribution in [0, 0.1) is 10.8 Å². The van der Waals surface area contributed by atoms with Crippen LogP contribution in [-0.2, 0) is 0 Å². The molecule has 0 aromatic carbocycles. The van der Waals surface area contributed by atoms with Crippen molar-refractivity contribution in [2.24, 2.45) is 11.1 Å². The van der Waals surface area contributed by atoms with Gasteiger partial charge in [-0.25, -0.2) is 0 Å². The minimum atomic E-state index is -0.174. The minimum absolute atomic E-state index is 0.174. The molecule has 0 saturated heterocycles. The van der Waals surface area contributed by atoms with Gasteiger partial charge >= 0.3 is 0 Å². The maximum atomic E-state index is 7.60. The molecule has 0 radical (unpaired) electrons. The van der Waals surface area contributed by atoms with E-state index in [1.54, 1.807) is 0 Å². The van der Waals surface area contributed by atoms with Gasteiger partial charge < -0.3 is 15.5 Å². The summed E-state index contributed by atoms with van der Waals surface area (Å²) >= 11 is 0. The third-order valence-electron chi connectivity index (χ3n) is 4.07. The summed E-state index contributed by atoms with van der Waals surface area (Å²) in [6.45, 7) is 17.5. The first kappa shape index (κ1) is 18.4. The third-order valence-corrected chi connectivity index (χ3v) is 4.07. The highest BCUT2D eigenvalue weighted by molar-refractivity contribution is 5.82. The van der Waals surface area contributed by atoms with Crippen molar-refractivity contribution in [3.63, 3.8) is 0 Å². The molecular weight excluding hydrogens is 236 g/mol. The number of rotatable bonds is 11. The van der Waals surface area contributed by atoms with Crippen LogP contribution < -0.4 is 5.73 Å². The maximum absolute atomic E-state index is 7.60. The molecule has 114 valence electrons. The van der Waals surface area contributed by atoms with E-state index < -0.39 is 0 Å². The average Bonchev–Trinajstić information content (AvgIpc) is 2.38. The van der Waals surface area contributed by atoms with Crippen LogP contribution in [0.2, 0.25) is 0 Å². The number of nitrogens with zero attached hydrogens (tertiary/aromatic N) is 2. The Bertz CT molecular complexity index is 247. The molecule has 4 heteroatoms. The summed E-state index contributed by atoms with van der Waals surface area (Å²) in [7, 11) is 0. The van der Waals surface area contributed by atoms with Gasteiger partial charge in [0.25, 0.3) is 0 Å². The Morgan fingerprint density at radius 3 is 1.84 bits per heavy atom. The number of nitrogens with one attached hydrogen (secondary N) is 1. The number of hydrogen-bond acceptors (Lipinski definition) is 3. The average molecular weight is 270 g/mol. The lowest BCUT2D eigenvalue weighted by atomic mass is 9.88. The zero-order valence-corrected chi connectivity index (χ0v) is 13.6. The third kappa shape index (κ3) is 7.53. The van der Waals surface area contributed by atoms with Gasteiger partial charge in [-0.3, -0.25) is 5.41 Å². The van der Waals surface area contributed by atoms with E-state index in [-0.39, 0.29) is 5.41 Å². The van der Waals surface area contributed by atoms with Crippen LogP contribution >= 0.6 is 0 Å². The van der Waals surface area contributed by atoms with Gasteiger partial charge in [0.15, 0.2) is 0 Å². The molecule has 0 rings (SSSR count). The molecule has 0 amide bonds. The summed E-state index contributed by atoms with van der Waals surface area (Å²) in [6.07, 6.45) is 2.18. The molecule has 0 aliphatic heterocycles. The Balaban J connectivity index is 3.99. The van der Waals surface area contributed by atoms with Crippen molar-refractivity contribution >= 4 is 5.84 Å². The highest BCUT2D eigenvalue weighted by Crippen LogP contribution is 2.20. The van der Waals surface area contributed by atoms with E-state index in [0.29, 0.717) is 5.84 Å². The first-order chi connectivity index (χ1) is 8.87. The van der Waals surface area contributed by atoms with E-state index in [2.05, 4.69) is 44.4 Å². The van der Waals surface area contributed by atoms with Crippen LogP contribution in [0.4, 0.5) is 0 Å². The van der Waals surface area contributed by atoms with Crippen LogP contribution in [0.15, 0.2) is 0 Å². The summed E-state index contributed by atoms with van der Waals surface area (Å²) in [5.74, 6) is 0.298. The Morgan fingerprint density at radius 1 is 0.947 bits per heavy atom. The van der Waals surface area contributed by atoms with Gasteiger partial charge in [-0.2, -0.15) is 0 Å². The van der Waals surface area contributed by atoms with Crippen molar-refractivity contribution in [1.82, 2.24) is 9.80 Å². The van der Waals surface area contributed by atoms with Crippen molar-refractivity contribution in [3.05, 3.63) is 0 Å². The fourth-order valence-corrected chi connectivity index (χ4v) is 2.06. The van der Waals surface area contributed by atoms with Crippen molar-refractivity contribution < 1.29 is 0 Å². The molecule has 4 nitrogen and oxygen atoms in total. The number of nitrogens with two attached hydrogens (primary N) is 1. The monoisotopic (exact) mass is 270 g/mol. The highest BCUT2D eigenvalue weighted by atomic mass is 15.1. The lowest BCUT2D eigenvalue weighted by Crippen LogP contribution is -2.36. The van der Waals surface area contributed by atoms with Crippen LogP contribution in [0.25, 0.3) is 0 Å². The quantitative estimate of drug-likeness (QED) is 0.448. The summed E-state index contributed by atoms with van der Waals surface area (Å²) in [6, 6.07) is 0. The topological polar surface area (TPSA) is 56.4 Å². The van der Waals surface area contributed by atoms with E-state index >= 15 is 0 Å².